The predicted molar refractivity (Wildman–Crippen MR) is 93.5 cm³/mol. The van der Waals surface area contributed by atoms with Gasteiger partial charge in [0.05, 0.1) is 31.6 Å². The van der Waals surface area contributed by atoms with Gasteiger partial charge in [-0.15, -0.1) is 0 Å². The molecule has 0 atom stereocenters. The summed E-state index contributed by atoms with van der Waals surface area (Å²) in [6, 6.07) is 7.77. The van der Waals surface area contributed by atoms with E-state index in [9.17, 15) is 4.79 Å². The van der Waals surface area contributed by atoms with Crippen LogP contribution >= 0.6 is 0 Å². The number of carbonyl (C=O) groups excluding carboxylic acids is 1. The zero-order valence-electron chi connectivity index (χ0n) is 14.5. The van der Waals surface area contributed by atoms with Gasteiger partial charge in [0, 0.05) is 25.7 Å². The van der Waals surface area contributed by atoms with Gasteiger partial charge in [-0.3, -0.25) is 14.2 Å². The van der Waals surface area contributed by atoms with Crippen LogP contribution in [0.15, 0.2) is 30.5 Å². The van der Waals surface area contributed by atoms with Gasteiger partial charge in [0.25, 0.3) is 5.91 Å². The van der Waals surface area contributed by atoms with Crippen molar-refractivity contribution in [2.75, 3.05) is 26.3 Å². The molecule has 25 heavy (non-hydrogen) atoms. The molecule has 0 spiro atoms. The molecule has 4 rings (SSSR count). The summed E-state index contributed by atoms with van der Waals surface area (Å²) in [5, 5.41) is 8.91. The van der Waals surface area contributed by atoms with Gasteiger partial charge in [0.2, 0.25) is 0 Å². The smallest absolute Gasteiger partial charge is 0.254 e. The number of rotatable bonds is 3. The molecule has 1 fully saturated rings. The highest BCUT2D eigenvalue weighted by Gasteiger charge is 2.18. The molecule has 0 aliphatic carbocycles. The zero-order chi connectivity index (χ0) is 17.4. The third-order valence-electron chi connectivity index (χ3n) is 4.64. The average Bonchev–Trinajstić information content (AvgIpc) is 3.18. The van der Waals surface area contributed by atoms with Gasteiger partial charge in [-0.1, -0.05) is 12.1 Å². The molecule has 7 heteroatoms. The Labute approximate surface area is 145 Å². The van der Waals surface area contributed by atoms with Crippen molar-refractivity contribution in [3.8, 4) is 0 Å². The second-order valence-electron chi connectivity index (χ2n) is 6.35. The van der Waals surface area contributed by atoms with Crippen molar-refractivity contribution in [3.63, 3.8) is 0 Å². The topological polar surface area (TPSA) is 65.2 Å². The van der Waals surface area contributed by atoms with Gasteiger partial charge in [-0.2, -0.15) is 10.2 Å². The van der Waals surface area contributed by atoms with E-state index in [1.165, 1.54) is 0 Å². The molecule has 0 radical (unpaired) electrons. The second-order valence-corrected chi connectivity index (χ2v) is 6.35. The van der Waals surface area contributed by atoms with Gasteiger partial charge in [-0.05, 0) is 24.6 Å². The molecule has 2 aromatic heterocycles. The van der Waals surface area contributed by atoms with Crippen molar-refractivity contribution < 1.29 is 9.53 Å². The van der Waals surface area contributed by atoms with Crippen molar-refractivity contribution in [2.45, 2.75) is 13.5 Å². The Morgan fingerprint density at radius 3 is 2.64 bits per heavy atom. The number of aryl methyl sites for hydroxylation is 2. The van der Waals surface area contributed by atoms with Crippen LogP contribution in [0.4, 0.5) is 0 Å². The van der Waals surface area contributed by atoms with Crippen LogP contribution in [0.2, 0.25) is 0 Å². The maximum absolute atomic E-state index is 12.5. The third kappa shape index (κ3) is 2.91. The first kappa shape index (κ1) is 15.8. The molecular formula is C18H21N5O2. The molecule has 1 amide bonds. The van der Waals surface area contributed by atoms with Crippen LogP contribution in [0.1, 0.15) is 21.6 Å². The molecule has 1 aliphatic rings. The molecular weight excluding hydrogens is 318 g/mol. The van der Waals surface area contributed by atoms with Gasteiger partial charge in [-0.25, -0.2) is 0 Å². The monoisotopic (exact) mass is 339 g/mol. The summed E-state index contributed by atoms with van der Waals surface area (Å²) < 4.78 is 9.10. The predicted octanol–water partition coefficient (Wildman–Crippen LogP) is 1.60. The summed E-state index contributed by atoms with van der Waals surface area (Å²) in [4.78, 5) is 14.3. The minimum Gasteiger partial charge on any atom is -0.378 e. The highest BCUT2D eigenvalue weighted by molar-refractivity contribution is 5.94. The lowest BCUT2D eigenvalue weighted by molar-refractivity contribution is 0.0303. The Morgan fingerprint density at radius 1 is 1.20 bits per heavy atom. The summed E-state index contributed by atoms with van der Waals surface area (Å²) in [6.07, 6.45) is 1.84. The fraction of sp³-hybridized carbons (Fsp3) is 0.389. The highest BCUT2D eigenvalue weighted by atomic mass is 16.5. The van der Waals surface area contributed by atoms with E-state index in [-0.39, 0.29) is 5.91 Å². The van der Waals surface area contributed by atoms with Gasteiger partial charge in [0.15, 0.2) is 0 Å². The van der Waals surface area contributed by atoms with Gasteiger partial charge in [0.1, 0.15) is 11.0 Å². The number of nitrogens with zero attached hydrogens (tertiary/aromatic N) is 5. The van der Waals surface area contributed by atoms with Crippen molar-refractivity contribution in [1.29, 1.82) is 0 Å². The van der Waals surface area contributed by atoms with Crippen LogP contribution in [0.3, 0.4) is 0 Å². The lowest BCUT2D eigenvalue weighted by Crippen LogP contribution is -2.40. The van der Waals surface area contributed by atoms with E-state index < -0.39 is 0 Å². The first-order valence-electron chi connectivity index (χ1n) is 8.44. The zero-order valence-corrected chi connectivity index (χ0v) is 14.5. The Hall–Kier alpha value is -2.67. The van der Waals surface area contributed by atoms with Gasteiger partial charge < -0.3 is 9.64 Å². The lowest BCUT2D eigenvalue weighted by atomic mass is 10.1. The number of aromatic nitrogens is 4. The largest absolute Gasteiger partial charge is 0.378 e. The lowest BCUT2D eigenvalue weighted by Gasteiger charge is -2.26. The Kier molecular flexibility index (Phi) is 4.01. The van der Waals surface area contributed by atoms with E-state index >= 15 is 0 Å². The molecule has 130 valence electrons. The molecule has 3 aromatic rings. The van der Waals surface area contributed by atoms with E-state index in [2.05, 4.69) is 10.2 Å². The molecule has 0 N–H and O–H groups in total. The standard InChI is InChI=1S/C18H21N5O2/c1-13-17-16(21(2)20-13)11-19-23(17)12-14-3-5-15(6-4-14)18(24)22-7-9-25-10-8-22/h3-6,11H,7-10,12H2,1-2H3. The quantitative estimate of drug-likeness (QED) is 0.727. The van der Waals surface area contributed by atoms with Crippen LogP contribution in [0.25, 0.3) is 11.0 Å². The van der Waals surface area contributed by atoms with Crippen LogP contribution < -0.4 is 0 Å². The number of fused-ring (bicyclic) bond motifs is 1. The fourth-order valence-electron chi connectivity index (χ4n) is 3.31. The summed E-state index contributed by atoms with van der Waals surface area (Å²) >= 11 is 0. The number of morpholine rings is 1. The highest BCUT2D eigenvalue weighted by Crippen LogP contribution is 2.18. The maximum Gasteiger partial charge on any atom is 0.254 e. The minimum atomic E-state index is 0.0689. The van der Waals surface area contributed by atoms with E-state index in [1.54, 1.807) is 0 Å². The first-order valence-corrected chi connectivity index (χ1v) is 8.44. The number of amides is 1. The van der Waals surface area contributed by atoms with E-state index in [4.69, 9.17) is 4.74 Å². The van der Waals surface area contributed by atoms with Gasteiger partial charge >= 0.3 is 0 Å². The number of hydrogen-bond acceptors (Lipinski definition) is 4. The van der Waals surface area contributed by atoms with Crippen LogP contribution in [-0.2, 0) is 18.3 Å². The number of benzene rings is 1. The van der Waals surface area contributed by atoms with Crippen LogP contribution in [0, 0.1) is 6.92 Å². The maximum atomic E-state index is 12.5. The molecule has 0 saturated carbocycles. The molecule has 1 aromatic carbocycles. The van der Waals surface area contributed by atoms with E-state index in [0.29, 0.717) is 38.4 Å². The van der Waals surface area contributed by atoms with Crippen molar-refractivity contribution >= 4 is 16.9 Å². The Morgan fingerprint density at radius 2 is 1.92 bits per heavy atom. The molecule has 1 aliphatic heterocycles. The SMILES string of the molecule is Cc1nn(C)c2cnn(Cc3ccc(C(=O)N4CCOCC4)cc3)c12. The van der Waals surface area contributed by atoms with Crippen molar-refractivity contribution in [3.05, 3.63) is 47.3 Å². The minimum absolute atomic E-state index is 0.0689. The summed E-state index contributed by atoms with van der Waals surface area (Å²) in [5.74, 6) is 0.0689. The Bertz CT molecular complexity index is 904. The normalized spacial score (nSPS) is 15.0. The number of ether oxygens (including phenoxy) is 1. The second kappa shape index (κ2) is 6.33. The third-order valence-corrected chi connectivity index (χ3v) is 4.64. The Balaban J connectivity index is 1.52. The van der Waals surface area contributed by atoms with Crippen LogP contribution in [0.5, 0.6) is 0 Å². The number of carbonyl (C=O) groups is 1. The van der Waals surface area contributed by atoms with E-state index in [0.717, 1.165) is 22.3 Å². The summed E-state index contributed by atoms with van der Waals surface area (Å²) in [7, 11) is 1.92. The molecule has 0 unspecified atom stereocenters. The summed E-state index contributed by atoms with van der Waals surface area (Å²) in [5.41, 5.74) is 4.86. The van der Waals surface area contributed by atoms with Crippen molar-refractivity contribution in [2.24, 2.45) is 7.05 Å². The molecule has 7 nitrogen and oxygen atoms in total. The summed E-state index contributed by atoms with van der Waals surface area (Å²) in [6.45, 7) is 5.19. The molecule has 0 bridgehead atoms. The fourth-order valence-corrected chi connectivity index (χ4v) is 3.31. The molecule has 1 saturated heterocycles. The van der Waals surface area contributed by atoms with Crippen LogP contribution in [-0.4, -0.2) is 56.7 Å². The molecule has 3 heterocycles. The van der Waals surface area contributed by atoms with E-state index in [1.807, 2.05) is 58.7 Å². The van der Waals surface area contributed by atoms with Crippen molar-refractivity contribution in [1.82, 2.24) is 24.5 Å². The average molecular weight is 339 g/mol. The first-order chi connectivity index (χ1) is 12.1. The number of hydrogen-bond donors (Lipinski definition) is 0.